The van der Waals surface area contributed by atoms with E-state index in [9.17, 15) is 9.59 Å². The highest BCUT2D eigenvalue weighted by molar-refractivity contribution is 6.35. The molecular weight excluding hydrogens is 473 g/mol. The summed E-state index contributed by atoms with van der Waals surface area (Å²) < 4.78 is 5.82. The standard InChI is InChI=1S/C26H23Cl2N3O3/c1-17-5-9-22(10-6-17)31-15-20(12-25(31)32)26(33)30-29-14-18-3-2-4-23(11-18)34-16-19-7-8-21(27)13-24(19)28/h2-11,13-14,20H,12,15-16H2,1H3,(H,30,33)/b29-14+/t20-/m1/s1. The van der Waals surface area contributed by atoms with E-state index in [2.05, 4.69) is 10.5 Å². The lowest BCUT2D eigenvalue weighted by Crippen LogP contribution is -2.30. The summed E-state index contributed by atoms with van der Waals surface area (Å²) in [6.45, 7) is 2.61. The van der Waals surface area contributed by atoms with E-state index >= 15 is 0 Å². The molecule has 34 heavy (non-hydrogen) atoms. The number of hydrazone groups is 1. The van der Waals surface area contributed by atoms with Gasteiger partial charge in [0.1, 0.15) is 12.4 Å². The minimum Gasteiger partial charge on any atom is -0.489 e. The van der Waals surface area contributed by atoms with Crippen molar-refractivity contribution in [1.29, 1.82) is 0 Å². The molecule has 0 unspecified atom stereocenters. The van der Waals surface area contributed by atoms with Crippen LogP contribution in [0, 0.1) is 12.8 Å². The van der Waals surface area contributed by atoms with Crippen LogP contribution in [0.3, 0.4) is 0 Å². The molecule has 4 rings (SSSR count). The third kappa shape index (κ3) is 5.95. The van der Waals surface area contributed by atoms with Gasteiger partial charge in [0.05, 0.1) is 12.1 Å². The lowest BCUT2D eigenvalue weighted by atomic mass is 10.1. The van der Waals surface area contributed by atoms with Crippen LogP contribution in [0.15, 0.2) is 71.8 Å². The third-order valence-corrected chi connectivity index (χ3v) is 6.08. The van der Waals surface area contributed by atoms with Gasteiger partial charge in [-0.05, 0) is 48.9 Å². The summed E-state index contributed by atoms with van der Waals surface area (Å²) in [5.74, 6) is -0.177. The van der Waals surface area contributed by atoms with Crippen molar-refractivity contribution in [1.82, 2.24) is 5.43 Å². The first kappa shape index (κ1) is 23.8. The Balaban J connectivity index is 1.31. The topological polar surface area (TPSA) is 71.0 Å². The molecule has 0 aliphatic carbocycles. The largest absolute Gasteiger partial charge is 0.489 e. The zero-order chi connectivity index (χ0) is 24.1. The van der Waals surface area contributed by atoms with Crippen molar-refractivity contribution in [3.8, 4) is 5.75 Å². The van der Waals surface area contributed by atoms with E-state index in [4.69, 9.17) is 27.9 Å². The normalized spacial score (nSPS) is 15.7. The molecule has 1 fully saturated rings. The molecule has 2 amide bonds. The number of aryl methyl sites for hydroxylation is 1. The van der Waals surface area contributed by atoms with Gasteiger partial charge in [0.2, 0.25) is 11.8 Å². The molecule has 0 bridgehead atoms. The zero-order valence-electron chi connectivity index (χ0n) is 18.5. The molecule has 8 heteroatoms. The number of carbonyl (C=O) groups excluding carboxylic acids is 2. The molecule has 6 nitrogen and oxygen atoms in total. The van der Waals surface area contributed by atoms with Gasteiger partial charge < -0.3 is 9.64 Å². The number of ether oxygens (including phenoxy) is 1. The van der Waals surface area contributed by atoms with Crippen molar-refractivity contribution < 1.29 is 14.3 Å². The summed E-state index contributed by atoms with van der Waals surface area (Å²) in [5, 5.41) is 5.17. The van der Waals surface area contributed by atoms with Gasteiger partial charge in [-0.25, -0.2) is 5.43 Å². The highest BCUT2D eigenvalue weighted by Gasteiger charge is 2.35. The van der Waals surface area contributed by atoms with Gasteiger partial charge in [0.15, 0.2) is 0 Å². The number of amides is 2. The lowest BCUT2D eigenvalue weighted by molar-refractivity contribution is -0.126. The number of hydrogen-bond acceptors (Lipinski definition) is 4. The monoisotopic (exact) mass is 495 g/mol. The number of halogens is 2. The maximum absolute atomic E-state index is 12.5. The van der Waals surface area contributed by atoms with Crippen LogP contribution in [0.4, 0.5) is 5.69 Å². The first-order valence-corrected chi connectivity index (χ1v) is 11.5. The van der Waals surface area contributed by atoms with Gasteiger partial charge in [0.25, 0.3) is 0 Å². The molecule has 174 valence electrons. The number of nitrogens with zero attached hydrogens (tertiary/aromatic N) is 2. The average Bonchev–Trinajstić information content (AvgIpc) is 3.21. The predicted octanol–water partition coefficient (Wildman–Crippen LogP) is 5.38. The van der Waals surface area contributed by atoms with Gasteiger partial charge in [0, 0.05) is 34.3 Å². The van der Waals surface area contributed by atoms with E-state index in [0.29, 0.717) is 28.9 Å². The second kappa shape index (κ2) is 10.7. The van der Waals surface area contributed by atoms with Crippen molar-refractivity contribution in [2.24, 2.45) is 11.0 Å². The summed E-state index contributed by atoms with van der Waals surface area (Å²) in [6, 6.07) is 20.2. The van der Waals surface area contributed by atoms with Gasteiger partial charge in [-0.3, -0.25) is 9.59 Å². The van der Waals surface area contributed by atoms with Crippen LogP contribution in [0.1, 0.15) is 23.1 Å². The van der Waals surface area contributed by atoms with Crippen molar-refractivity contribution in [2.45, 2.75) is 20.0 Å². The Morgan fingerprint density at radius 3 is 2.71 bits per heavy atom. The maximum Gasteiger partial charge on any atom is 0.245 e. The SMILES string of the molecule is Cc1ccc(N2C[C@H](C(=O)N/N=C/c3cccc(OCc4ccc(Cl)cc4Cl)c3)CC2=O)cc1. The Morgan fingerprint density at radius 1 is 1.15 bits per heavy atom. The number of nitrogens with one attached hydrogen (secondary N) is 1. The predicted molar refractivity (Wildman–Crippen MR) is 135 cm³/mol. The smallest absolute Gasteiger partial charge is 0.245 e. The van der Waals surface area contributed by atoms with Gasteiger partial charge in [-0.15, -0.1) is 0 Å². The van der Waals surface area contributed by atoms with Crippen LogP contribution < -0.4 is 15.1 Å². The first-order chi connectivity index (χ1) is 16.4. The average molecular weight is 496 g/mol. The van der Waals surface area contributed by atoms with Crippen molar-refractivity contribution >= 4 is 46.9 Å². The molecule has 1 aliphatic heterocycles. The zero-order valence-corrected chi connectivity index (χ0v) is 20.0. The number of hydrogen-bond donors (Lipinski definition) is 1. The summed E-state index contributed by atoms with van der Waals surface area (Å²) in [4.78, 5) is 26.6. The van der Waals surface area contributed by atoms with E-state index < -0.39 is 5.92 Å². The van der Waals surface area contributed by atoms with Gasteiger partial charge in [-0.2, -0.15) is 5.10 Å². The van der Waals surface area contributed by atoms with Crippen LogP contribution in [-0.2, 0) is 16.2 Å². The minimum absolute atomic E-state index is 0.0707. The molecule has 3 aromatic rings. The van der Waals surface area contributed by atoms with E-state index in [-0.39, 0.29) is 18.2 Å². The van der Waals surface area contributed by atoms with Gasteiger partial charge in [-0.1, -0.05) is 59.1 Å². The van der Waals surface area contributed by atoms with Crippen molar-refractivity contribution in [3.05, 3.63) is 93.5 Å². The highest BCUT2D eigenvalue weighted by Crippen LogP contribution is 2.26. The maximum atomic E-state index is 12.5. The summed E-state index contributed by atoms with van der Waals surface area (Å²) in [7, 11) is 0. The molecule has 1 atom stereocenters. The van der Waals surface area contributed by atoms with Gasteiger partial charge >= 0.3 is 0 Å². The van der Waals surface area contributed by atoms with Crippen LogP contribution in [0.25, 0.3) is 0 Å². The van der Waals surface area contributed by atoms with Crippen LogP contribution >= 0.6 is 23.2 Å². The molecular formula is C26H23Cl2N3O3. The minimum atomic E-state index is -0.454. The second-order valence-electron chi connectivity index (χ2n) is 8.07. The number of anilines is 1. The summed E-state index contributed by atoms with van der Waals surface area (Å²) in [5.41, 5.74) is 6.03. The number of benzene rings is 3. The van der Waals surface area contributed by atoms with Crippen LogP contribution in [-0.4, -0.2) is 24.6 Å². The van der Waals surface area contributed by atoms with E-state index in [0.717, 1.165) is 22.4 Å². The fraction of sp³-hybridized carbons (Fsp3) is 0.192. The van der Waals surface area contributed by atoms with E-state index in [1.807, 2.05) is 55.5 Å². The van der Waals surface area contributed by atoms with Crippen LogP contribution in [0.2, 0.25) is 10.0 Å². The van der Waals surface area contributed by atoms with Crippen molar-refractivity contribution in [2.75, 3.05) is 11.4 Å². The first-order valence-electron chi connectivity index (χ1n) is 10.8. The molecule has 0 radical (unpaired) electrons. The molecule has 1 N–H and O–H groups in total. The Bertz CT molecular complexity index is 1230. The lowest BCUT2D eigenvalue weighted by Gasteiger charge is -2.16. The Kier molecular flexibility index (Phi) is 7.50. The molecule has 1 heterocycles. The quantitative estimate of drug-likeness (QED) is 0.353. The summed E-state index contributed by atoms with van der Waals surface area (Å²) >= 11 is 12.1. The summed E-state index contributed by atoms with van der Waals surface area (Å²) in [6.07, 6.45) is 1.69. The molecule has 1 saturated heterocycles. The fourth-order valence-electron chi connectivity index (χ4n) is 3.60. The third-order valence-electron chi connectivity index (χ3n) is 5.50. The number of carbonyl (C=O) groups is 2. The molecule has 3 aromatic carbocycles. The van der Waals surface area contributed by atoms with E-state index in [1.54, 1.807) is 23.1 Å². The Morgan fingerprint density at radius 2 is 1.94 bits per heavy atom. The van der Waals surface area contributed by atoms with Crippen molar-refractivity contribution in [3.63, 3.8) is 0 Å². The highest BCUT2D eigenvalue weighted by atomic mass is 35.5. The fourth-order valence-corrected chi connectivity index (χ4v) is 4.07. The van der Waals surface area contributed by atoms with Crippen LogP contribution in [0.5, 0.6) is 5.75 Å². The molecule has 0 aromatic heterocycles. The second-order valence-corrected chi connectivity index (χ2v) is 8.92. The van der Waals surface area contributed by atoms with E-state index in [1.165, 1.54) is 6.21 Å². The molecule has 0 saturated carbocycles. The Labute approximate surface area is 208 Å². The number of rotatable bonds is 7. The molecule has 1 aliphatic rings. The Hall–Kier alpha value is -3.35. The molecule has 0 spiro atoms.